The molecule has 2 aromatic rings. The van der Waals surface area contributed by atoms with E-state index < -0.39 is 62.8 Å². The second kappa shape index (κ2) is 16.0. The minimum atomic E-state index is -4.04. The van der Waals surface area contributed by atoms with Crippen LogP contribution < -0.4 is 20.7 Å². The SMILES string of the molecule is C=C[C@@H]1C[C@]1(CNC(=O)[C@@H]1C[C@@]2(CN1C(=O)[C@@H](NC(=O)[C@@H](NC(=O)c1nccc3ccccc13)C1CCCCC1)C(C)(C)C)C(C)(C)C21CCC1)C(=O)NS(=O)(=O)N1CCCC1. The number of nitrogens with zero attached hydrogens (tertiary/aromatic N) is 3. The van der Waals surface area contributed by atoms with E-state index in [0.717, 1.165) is 69.6 Å². The summed E-state index contributed by atoms with van der Waals surface area (Å²) in [5, 5.41) is 10.7. The molecule has 2 spiro atoms. The van der Waals surface area contributed by atoms with Gasteiger partial charge in [0, 0.05) is 43.2 Å². The number of likely N-dealkylation sites (tertiary alicyclic amines) is 1. The van der Waals surface area contributed by atoms with Crippen molar-refractivity contribution in [3.05, 3.63) is 54.9 Å². The summed E-state index contributed by atoms with van der Waals surface area (Å²) in [6.45, 7) is 14.9. The average molecular weight is 872 g/mol. The molecule has 4 aliphatic carbocycles. The highest BCUT2D eigenvalue weighted by Crippen LogP contribution is 2.88. The van der Waals surface area contributed by atoms with Crippen LogP contribution in [0.3, 0.4) is 0 Å². The summed E-state index contributed by atoms with van der Waals surface area (Å²) in [7, 11) is -4.04. The van der Waals surface area contributed by atoms with Gasteiger partial charge in [0.05, 0.1) is 5.41 Å². The van der Waals surface area contributed by atoms with Gasteiger partial charge in [-0.1, -0.05) is 90.6 Å². The third kappa shape index (κ3) is 7.32. The Morgan fingerprint density at radius 2 is 1.61 bits per heavy atom. The van der Waals surface area contributed by atoms with Crippen LogP contribution in [0.4, 0.5) is 0 Å². The first kappa shape index (κ1) is 44.2. The van der Waals surface area contributed by atoms with Crippen molar-refractivity contribution < 1.29 is 32.4 Å². The number of pyridine rings is 1. The molecule has 5 amide bonds. The Balaban J connectivity index is 1.04. The van der Waals surface area contributed by atoms with Gasteiger partial charge in [-0.25, -0.2) is 4.72 Å². The molecule has 6 fully saturated rings. The Morgan fingerprint density at radius 1 is 0.919 bits per heavy atom. The molecule has 6 atom stereocenters. The number of hydrogen-bond donors (Lipinski definition) is 4. The Labute approximate surface area is 366 Å². The van der Waals surface area contributed by atoms with Gasteiger partial charge in [0.25, 0.3) is 5.91 Å². The summed E-state index contributed by atoms with van der Waals surface area (Å²) in [5.41, 5.74) is -2.20. The van der Waals surface area contributed by atoms with Gasteiger partial charge in [-0.3, -0.25) is 29.0 Å². The second-order valence-electron chi connectivity index (χ2n) is 20.8. The Kier molecular flexibility index (Phi) is 11.4. The van der Waals surface area contributed by atoms with Gasteiger partial charge >= 0.3 is 10.2 Å². The van der Waals surface area contributed by atoms with Gasteiger partial charge in [0.2, 0.25) is 23.6 Å². The van der Waals surface area contributed by atoms with Crippen molar-refractivity contribution in [2.75, 3.05) is 26.2 Å². The largest absolute Gasteiger partial charge is 0.353 e. The molecule has 1 aromatic heterocycles. The summed E-state index contributed by atoms with van der Waals surface area (Å²) in [6.07, 6.45) is 12.9. The van der Waals surface area contributed by atoms with Crippen molar-refractivity contribution >= 4 is 50.5 Å². The predicted octanol–water partition coefficient (Wildman–Crippen LogP) is 5.01. The number of carbonyl (C=O) groups excluding carboxylic acids is 5. The summed E-state index contributed by atoms with van der Waals surface area (Å²) in [6, 6.07) is 6.48. The molecule has 3 heterocycles. The smallest absolute Gasteiger partial charge is 0.303 e. The molecule has 14 nitrogen and oxygen atoms in total. The molecule has 4 saturated carbocycles. The third-order valence-electron chi connectivity index (χ3n) is 16.5. The number of fused-ring (bicyclic) bond motifs is 2. The molecule has 0 radical (unpaired) electrons. The van der Waals surface area contributed by atoms with Gasteiger partial charge in [0.15, 0.2) is 0 Å². The molecule has 8 rings (SSSR count). The Bertz CT molecular complexity index is 2250. The highest BCUT2D eigenvalue weighted by atomic mass is 32.2. The lowest BCUT2D eigenvalue weighted by Gasteiger charge is -2.38. The second-order valence-corrected chi connectivity index (χ2v) is 22.5. The predicted molar refractivity (Wildman–Crippen MR) is 235 cm³/mol. The molecule has 2 aliphatic heterocycles. The fourth-order valence-corrected chi connectivity index (χ4v) is 13.6. The van der Waals surface area contributed by atoms with Crippen LogP contribution in [0.15, 0.2) is 49.2 Å². The van der Waals surface area contributed by atoms with E-state index in [2.05, 4.69) is 46.1 Å². The van der Waals surface area contributed by atoms with E-state index in [1.807, 2.05) is 51.1 Å². The molecule has 62 heavy (non-hydrogen) atoms. The lowest BCUT2D eigenvalue weighted by atomic mass is 9.73. The molecule has 15 heteroatoms. The average Bonchev–Trinajstić information content (AvgIpc) is 3.69. The maximum Gasteiger partial charge on any atom is 0.303 e. The van der Waals surface area contributed by atoms with Crippen LogP contribution in [0.5, 0.6) is 0 Å². The number of allylic oxidation sites excluding steroid dienone is 1. The van der Waals surface area contributed by atoms with Crippen molar-refractivity contribution in [1.82, 2.24) is 34.9 Å². The van der Waals surface area contributed by atoms with Crippen LogP contribution in [0.1, 0.15) is 122 Å². The number of aromatic nitrogens is 1. The molecule has 6 aliphatic rings. The first-order valence-corrected chi connectivity index (χ1v) is 24.2. The van der Waals surface area contributed by atoms with E-state index in [0.29, 0.717) is 37.9 Å². The van der Waals surface area contributed by atoms with Gasteiger partial charge in [-0.05, 0) is 90.9 Å². The van der Waals surface area contributed by atoms with E-state index in [4.69, 9.17) is 0 Å². The summed E-state index contributed by atoms with van der Waals surface area (Å²) in [5.74, 6) is -2.84. The number of benzene rings is 1. The summed E-state index contributed by atoms with van der Waals surface area (Å²) < 4.78 is 29.8. The molecule has 1 aromatic carbocycles. The minimum Gasteiger partial charge on any atom is -0.353 e. The van der Waals surface area contributed by atoms with E-state index in [1.54, 1.807) is 17.2 Å². The van der Waals surface area contributed by atoms with Crippen molar-refractivity contribution in [2.45, 2.75) is 130 Å². The quantitative estimate of drug-likeness (QED) is 0.203. The maximum absolute atomic E-state index is 15.3. The molecular weight excluding hydrogens is 807 g/mol. The number of hydrogen-bond acceptors (Lipinski definition) is 8. The molecule has 336 valence electrons. The van der Waals surface area contributed by atoms with Crippen LogP contribution in [-0.4, -0.2) is 96.4 Å². The number of nitrogens with one attached hydrogen (secondary N) is 4. The highest BCUT2D eigenvalue weighted by Gasteiger charge is 2.85. The van der Waals surface area contributed by atoms with Crippen molar-refractivity contribution in [1.29, 1.82) is 0 Å². The van der Waals surface area contributed by atoms with Gasteiger partial charge in [0.1, 0.15) is 23.8 Å². The zero-order chi connectivity index (χ0) is 44.5. The first-order valence-electron chi connectivity index (χ1n) is 22.8. The van der Waals surface area contributed by atoms with E-state index >= 15 is 4.79 Å². The van der Waals surface area contributed by atoms with Gasteiger partial charge in [-0.15, -0.1) is 6.58 Å². The summed E-state index contributed by atoms with van der Waals surface area (Å²) >= 11 is 0. The first-order chi connectivity index (χ1) is 29.3. The normalized spacial score (nSPS) is 28.8. The monoisotopic (exact) mass is 871 g/mol. The zero-order valence-electron chi connectivity index (χ0n) is 37.1. The lowest BCUT2D eigenvalue weighted by Crippen LogP contribution is -2.61. The standard InChI is InChI=1S/C47H65N7O7S/c1-7-32-26-45(32,42(59)52-62(60,61)53-24-13-14-25-53)28-49-38(55)34-27-47(44(5,6)46(47)21-15-22-46)29-54(34)41(58)37(43(2,3)4)51-39(56)35(31-17-9-8-10-18-31)50-40(57)36-33-19-12-11-16-30(33)20-23-48-36/h7,11-12,16,19-20,23,31-32,34-35,37H,1,8-10,13-15,17-18,21-22,24-29H2,2-6H3,(H,49,55)(H,50,57)(H,51,56)(H,52,59)/t32-,34+,35+,37-,45-,47-/m1/s1. The lowest BCUT2D eigenvalue weighted by molar-refractivity contribution is -0.144. The molecule has 4 N–H and O–H groups in total. The molecule has 0 unspecified atom stereocenters. The van der Waals surface area contributed by atoms with Gasteiger partial charge in [-0.2, -0.15) is 12.7 Å². The van der Waals surface area contributed by atoms with Gasteiger partial charge < -0.3 is 20.9 Å². The number of carbonyl (C=O) groups is 5. The van der Waals surface area contributed by atoms with Crippen molar-refractivity contribution in [3.8, 4) is 0 Å². The van der Waals surface area contributed by atoms with Crippen molar-refractivity contribution in [3.63, 3.8) is 0 Å². The Hall–Kier alpha value is -4.37. The topological polar surface area (TPSA) is 187 Å². The Morgan fingerprint density at radius 3 is 2.23 bits per heavy atom. The number of amides is 5. The van der Waals surface area contributed by atoms with Crippen LogP contribution >= 0.6 is 0 Å². The summed E-state index contributed by atoms with van der Waals surface area (Å²) in [4.78, 5) is 78.4. The van der Waals surface area contributed by atoms with E-state index in [9.17, 15) is 27.6 Å². The van der Waals surface area contributed by atoms with E-state index in [1.165, 1.54) is 4.31 Å². The van der Waals surface area contributed by atoms with Crippen LogP contribution in [0.25, 0.3) is 10.8 Å². The minimum absolute atomic E-state index is 0.00445. The maximum atomic E-state index is 15.3. The molecular formula is C47H65N7O7S. The van der Waals surface area contributed by atoms with Crippen LogP contribution in [-0.2, 0) is 29.4 Å². The fraction of sp³-hybridized carbons (Fsp3) is 0.660. The third-order valence-corrected chi connectivity index (χ3v) is 17.9. The van der Waals surface area contributed by atoms with Crippen molar-refractivity contribution in [2.24, 2.45) is 38.9 Å². The van der Waals surface area contributed by atoms with Crippen LogP contribution in [0, 0.1) is 38.9 Å². The highest BCUT2D eigenvalue weighted by molar-refractivity contribution is 7.87. The fourth-order valence-electron chi connectivity index (χ4n) is 12.2. The zero-order valence-corrected chi connectivity index (χ0v) is 37.9. The number of rotatable bonds is 13. The van der Waals surface area contributed by atoms with Crippen LogP contribution in [0.2, 0.25) is 0 Å². The van der Waals surface area contributed by atoms with E-state index in [-0.39, 0.29) is 46.2 Å². The molecule has 0 bridgehead atoms. The molecule has 2 saturated heterocycles.